The van der Waals surface area contributed by atoms with Gasteiger partial charge in [-0.1, -0.05) is 33.3 Å². The lowest BCUT2D eigenvalue weighted by molar-refractivity contribution is 0.0449. The first kappa shape index (κ1) is 10.2. The highest BCUT2D eigenvalue weighted by atomic mass is 16.5. The summed E-state index contributed by atoms with van der Waals surface area (Å²) in [7, 11) is 0. The molecule has 1 fully saturated rings. The van der Waals surface area contributed by atoms with E-state index in [1.54, 1.807) is 11.1 Å². The molecule has 2 aliphatic rings. The predicted molar refractivity (Wildman–Crippen MR) is 59.2 cm³/mol. The first-order valence-electron chi connectivity index (χ1n) is 5.98. The number of fused-ring (bicyclic) bond motifs is 2. The fourth-order valence-electron chi connectivity index (χ4n) is 2.97. The van der Waals surface area contributed by atoms with Gasteiger partial charge >= 0.3 is 0 Å². The number of ether oxygens (including phenoxy) is 1. The molecular weight excluding hydrogens is 172 g/mol. The molecule has 0 amide bonds. The van der Waals surface area contributed by atoms with E-state index in [-0.39, 0.29) is 0 Å². The van der Waals surface area contributed by atoms with Crippen LogP contribution in [0.5, 0.6) is 0 Å². The molecule has 2 bridgehead atoms. The molecular formula is C13H22O. The van der Waals surface area contributed by atoms with Gasteiger partial charge in [0.25, 0.3) is 0 Å². The minimum atomic E-state index is 0.464. The van der Waals surface area contributed by atoms with Crippen molar-refractivity contribution in [2.24, 2.45) is 11.8 Å². The largest absolute Gasteiger partial charge is 0.370 e. The van der Waals surface area contributed by atoms with Crippen molar-refractivity contribution < 1.29 is 4.74 Å². The van der Waals surface area contributed by atoms with Crippen LogP contribution in [0.25, 0.3) is 0 Å². The van der Waals surface area contributed by atoms with Crippen LogP contribution in [0.1, 0.15) is 47.0 Å². The fourth-order valence-corrected chi connectivity index (χ4v) is 2.97. The summed E-state index contributed by atoms with van der Waals surface area (Å²) in [6.45, 7) is 9.25. The third kappa shape index (κ3) is 1.63. The Bertz CT molecular complexity index is 250. The maximum atomic E-state index is 5.99. The highest BCUT2D eigenvalue weighted by molar-refractivity contribution is 5.27. The number of rotatable bonds is 2. The van der Waals surface area contributed by atoms with Crippen LogP contribution in [0, 0.1) is 11.8 Å². The van der Waals surface area contributed by atoms with Crippen LogP contribution in [-0.2, 0) is 4.74 Å². The Morgan fingerprint density at radius 2 is 1.79 bits per heavy atom. The van der Waals surface area contributed by atoms with Gasteiger partial charge in [-0.3, -0.25) is 0 Å². The first-order chi connectivity index (χ1) is 6.59. The molecule has 0 saturated carbocycles. The zero-order valence-electron chi connectivity index (χ0n) is 9.84. The molecule has 0 N–H and O–H groups in total. The Hall–Kier alpha value is -0.300. The molecule has 80 valence electrons. The second kappa shape index (κ2) is 3.69. The van der Waals surface area contributed by atoms with E-state index in [0.29, 0.717) is 24.0 Å². The minimum absolute atomic E-state index is 0.464. The molecule has 2 atom stereocenters. The highest BCUT2D eigenvalue weighted by Crippen LogP contribution is 2.41. The maximum absolute atomic E-state index is 5.99. The van der Waals surface area contributed by atoms with Crippen molar-refractivity contribution in [2.45, 2.75) is 59.2 Å². The Kier molecular flexibility index (Phi) is 2.70. The fraction of sp³-hybridized carbons (Fsp3) is 0.846. The molecule has 14 heavy (non-hydrogen) atoms. The van der Waals surface area contributed by atoms with Gasteiger partial charge in [0.2, 0.25) is 0 Å². The second-order valence-electron chi connectivity index (χ2n) is 5.32. The van der Waals surface area contributed by atoms with Gasteiger partial charge in [-0.2, -0.15) is 0 Å². The highest BCUT2D eigenvalue weighted by Gasteiger charge is 2.36. The summed E-state index contributed by atoms with van der Waals surface area (Å²) in [6, 6.07) is 0. The van der Waals surface area contributed by atoms with E-state index in [1.807, 2.05) is 0 Å². The van der Waals surface area contributed by atoms with E-state index in [9.17, 15) is 0 Å². The molecule has 1 nitrogen and oxygen atoms in total. The average Bonchev–Trinajstić information content (AvgIpc) is 2.46. The van der Waals surface area contributed by atoms with Gasteiger partial charge in [0.15, 0.2) is 0 Å². The molecule has 0 aliphatic carbocycles. The van der Waals surface area contributed by atoms with Gasteiger partial charge in [-0.05, 0) is 36.7 Å². The SMILES string of the molecule is CC(C)C1=C(C(C)C)C2CCC(C1)O2. The summed E-state index contributed by atoms with van der Waals surface area (Å²) >= 11 is 0. The Balaban J connectivity index is 2.33. The van der Waals surface area contributed by atoms with Crippen LogP contribution in [0.4, 0.5) is 0 Å². The van der Waals surface area contributed by atoms with E-state index >= 15 is 0 Å². The molecule has 0 radical (unpaired) electrons. The number of hydrogen-bond donors (Lipinski definition) is 0. The van der Waals surface area contributed by atoms with E-state index in [1.165, 1.54) is 19.3 Å². The van der Waals surface area contributed by atoms with Crippen molar-refractivity contribution in [2.75, 3.05) is 0 Å². The molecule has 2 rings (SSSR count). The monoisotopic (exact) mass is 194 g/mol. The number of hydrogen-bond acceptors (Lipinski definition) is 1. The smallest absolute Gasteiger partial charge is 0.0795 e. The van der Waals surface area contributed by atoms with E-state index in [0.717, 1.165) is 0 Å². The van der Waals surface area contributed by atoms with Gasteiger partial charge in [0.05, 0.1) is 12.2 Å². The molecule has 1 saturated heterocycles. The summed E-state index contributed by atoms with van der Waals surface area (Å²) in [6.07, 6.45) is 4.73. The van der Waals surface area contributed by atoms with Crippen LogP contribution in [0.15, 0.2) is 11.1 Å². The third-order valence-electron chi connectivity index (χ3n) is 3.59. The van der Waals surface area contributed by atoms with Crippen molar-refractivity contribution >= 4 is 0 Å². The van der Waals surface area contributed by atoms with Gasteiger partial charge in [0, 0.05) is 0 Å². The van der Waals surface area contributed by atoms with E-state index < -0.39 is 0 Å². The quantitative estimate of drug-likeness (QED) is 0.611. The third-order valence-corrected chi connectivity index (χ3v) is 3.59. The molecule has 2 heterocycles. The van der Waals surface area contributed by atoms with Crippen LogP contribution in [-0.4, -0.2) is 12.2 Å². The Morgan fingerprint density at radius 1 is 1.07 bits per heavy atom. The van der Waals surface area contributed by atoms with Crippen molar-refractivity contribution in [1.82, 2.24) is 0 Å². The molecule has 0 aromatic carbocycles. The van der Waals surface area contributed by atoms with E-state index in [2.05, 4.69) is 27.7 Å². The molecule has 1 heteroatoms. The summed E-state index contributed by atoms with van der Waals surface area (Å²) < 4.78 is 5.99. The van der Waals surface area contributed by atoms with Gasteiger partial charge in [-0.15, -0.1) is 0 Å². The van der Waals surface area contributed by atoms with Gasteiger partial charge in [-0.25, -0.2) is 0 Å². The summed E-state index contributed by atoms with van der Waals surface area (Å²) in [5.41, 5.74) is 3.31. The topological polar surface area (TPSA) is 9.23 Å². The minimum Gasteiger partial charge on any atom is -0.370 e. The molecule has 2 aliphatic heterocycles. The Labute approximate surface area is 87.5 Å². The normalized spacial score (nSPS) is 32.1. The van der Waals surface area contributed by atoms with Crippen LogP contribution in [0.2, 0.25) is 0 Å². The van der Waals surface area contributed by atoms with Crippen molar-refractivity contribution in [3.8, 4) is 0 Å². The van der Waals surface area contributed by atoms with Crippen LogP contribution >= 0.6 is 0 Å². The van der Waals surface area contributed by atoms with Crippen LogP contribution in [0.3, 0.4) is 0 Å². The summed E-state index contributed by atoms with van der Waals surface area (Å²) in [5.74, 6) is 1.37. The molecule has 2 unspecified atom stereocenters. The van der Waals surface area contributed by atoms with Crippen molar-refractivity contribution in [1.29, 1.82) is 0 Å². The molecule has 0 aromatic heterocycles. The zero-order valence-corrected chi connectivity index (χ0v) is 9.84. The lowest BCUT2D eigenvalue weighted by Gasteiger charge is -2.31. The van der Waals surface area contributed by atoms with Crippen molar-refractivity contribution in [3.05, 3.63) is 11.1 Å². The Morgan fingerprint density at radius 3 is 2.36 bits per heavy atom. The van der Waals surface area contributed by atoms with Crippen molar-refractivity contribution in [3.63, 3.8) is 0 Å². The van der Waals surface area contributed by atoms with Crippen LogP contribution < -0.4 is 0 Å². The predicted octanol–water partition coefficient (Wildman–Crippen LogP) is 3.55. The van der Waals surface area contributed by atoms with E-state index in [4.69, 9.17) is 4.74 Å². The molecule has 0 aromatic rings. The zero-order chi connectivity index (χ0) is 10.3. The van der Waals surface area contributed by atoms with Gasteiger partial charge in [0.1, 0.15) is 0 Å². The average molecular weight is 194 g/mol. The summed E-state index contributed by atoms with van der Waals surface area (Å²) in [4.78, 5) is 0. The summed E-state index contributed by atoms with van der Waals surface area (Å²) in [5, 5.41) is 0. The lowest BCUT2D eigenvalue weighted by Crippen LogP contribution is -2.26. The maximum Gasteiger partial charge on any atom is 0.0795 e. The van der Waals surface area contributed by atoms with Gasteiger partial charge < -0.3 is 4.74 Å². The first-order valence-corrected chi connectivity index (χ1v) is 5.98. The lowest BCUT2D eigenvalue weighted by atomic mass is 9.84. The standard InChI is InChI=1S/C13H22O/c1-8(2)11-7-10-5-6-12(14-10)13(11)9(3)4/h8-10,12H,5-7H2,1-4H3. The molecule has 0 spiro atoms. The second-order valence-corrected chi connectivity index (χ2v) is 5.32.